The van der Waals surface area contributed by atoms with Gasteiger partial charge < -0.3 is 9.73 Å². The summed E-state index contributed by atoms with van der Waals surface area (Å²) in [5.41, 5.74) is 0.942. The number of hydrogen-bond donors (Lipinski definition) is 1. The van der Waals surface area contributed by atoms with Crippen molar-refractivity contribution in [3.05, 3.63) is 59.1 Å². The van der Waals surface area contributed by atoms with E-state index in [1.165, 1.54) is 18.4 Å². The zero-order valence-corrected chi connectivity index (χ0v) is 11.5. The van der Waals surface area contributed by atoms with Crippen molar-refractivity contribution in [1.82, 2.24) is 5.32 Å². The standard InChI is InChI=1S/C16H15F2NO2/c1-9-11(6-7-21-9)16(20)19-15-5-4-13(15)12-3-2-10(17)8-14(12)18/h2-3,6-8,13,15H,4-5H2,1H3,(H,19,20)/t13-,15-/m0/s1. The average molecular weight is 291 g/mol. The lowest BCUT2D eigenvalue weighted by Crippen LogP contribution is -2.45. The SMILES string of the molecule is Cc1occc1C(=O)N[C@H]1CC[C@H]1c1ccc(F)cc1F. The summed E-state index contributed by atoms with van der Waals surface area (Å²) in [6.45, 7) is 1.72. The van der Waals surface area contributed by atoms with E-state index < -0.39 is 11.6 Å². The molecule has 1 aromatic carbocycles. The van der Waals surface area contributed by atoms with E-state index in [0.29, 0.717) is 16.9 Å². The Kier molecular flexibility index (Phi) is 3.49. The topological polar surface area (TPSA) is 42.2 Å². The van der Waals surface area contributed by atoms with E-state index >= 15 is 0 Å². The minimum Gasteiger partial charge on any atom is -0.469 e. The van der Waals surface area contributed by atoms with Crippen LogP contribution in [0.15, 0.2) is 34.9 Å². The first-order valence-corrected chi connectivity index (χ1v) is 6.86. The van der Waals surface area contributed by atoms with Crippen molar-refractivity contribution < 1.29 is 18.0 Å². The molecule has 0 unspecified atom stereocenters. The van der Waals surface area contributed by atoms with E-state index in [0.717, 1.165) is 18.9 Å². The van der Waals surface area contributed by atoms with Crippen molar-refractivity contribution in [2.75, 3.05) is 0 Å². The van der Waals surface area contributed by atoms with Gasteiger partial charge in [0, 0.05) is 18.0 Å². The molecular formula is C16H15F2NO2. The molecule has 110 valence electrons. The van der Waals surface area contributed by atoms with Crippen LogP contribution in [0.25, 0.3) is 0 Å². The molecule has 0 aliphatic heterocycles. The molecule has 1 aliphatic carbocycles. The van der Waals surface area contributed by atoms with E-state index in [1.807, 2.05) is 0 Å². The van der Waals surface area contributed by atoms with Crippen LogP contribution in [0.3, 0.4) is 0 Å². The molecule has 2 aromatic rings. The molecule has 0 spiro atoms. The van der Waals surface area contributed by atoms with Gasteiger partial charge in [0.1, 0.15) is 17.4 Å². The molecule has 1 amide bonds. The summed E-state index contributed by atoms with van der Waals surface area (Å²) in [5, 5.41) is 2.89. The van der Waals surface area contributed by atoms with E-state index in [9.17, 15) is 13.6 Å². The van der Waals surface area contributed by atoms with Crippen molar-refractivity contribution in [2.24, 2.45) is 0 Å². The number of rotatable bonds is 3. The minimum atomic E-state index is -0.592. The highest BCUT2D eigenvalue weighted by Crippen LogP contribution is 2.38. The molecular weight excluding hydrogens is 276 g/mol. The molecule has 0 radical (unpaired) electrons. The van der Waals surface area contributed by atoms with Gasteiger partial charge in [-0.1, -0.05) is 6.07 Å². The largest absolute Gasteiger partial charge is 0.469 e. The quantitative estimate of drug-likeness (QED) is 0.939. The first-order valence-electron chi connectivity index (χ1n) is 6.86. The summed E-state index contributed by atoms with van der Waals surface area (Å²) in [6, 6.07) is 5.06. The lowest BCUT2D eigenvalue weighted by Gasteiger charge is -2.37. The Labute approximate surface area is 121 Å². The maximum absolute atomic E-state index is 13.8. The number of amides is 1. The Morgan fingerprint density at radius 3 is 2.67 bits per heavy atom. The normalized spacial score (nSPS) is 20.9. The lowest BCUT2D eigenvalue weighted by atomic mass is 9.74. The predicted octanol–water partition coefficient (Wildman–Crippen LogP) is 3.54. The van der Waals surface area contributed by atoms with Crippen LogP contribution in [0.5, 0.6) is 0 Å². The number of benzene rings is 1. The van der Waals surface area contributed by atoms with E-state index in [2.05, 4.69) is 5.32 Å². The smallest absolute Gasteiger partial charge is 0.255 e. The Balaban J connectivity index is 1.73. The van der Waals surface area contributed by atoms with Crippen LogP contribution in [0.4, 0.5) is 8.78 Å². The van der Waals surface area contributed by atoms with Crippen LogP contribution in [0.1, 0.15) is 40.4 Å². The number of aryl methyl sites for hydroxylation is 1. The molecule has 1 N–H and O–H groups in total. The van der Waals surface area contributed by atoms with Gasteiger partial charge in [0.2, 0.25) is 0 Å². The molecule has 0 saturated heterocycles. The van der Waals surface area contributed by atoms with Crippen LogP contribution < -0.4 is 5.32 Å². The van der Waals surface area contributed by atoms with Gasteiger partial charge in [-0.2, -0.15) is 0 Å². The van der Waals surface area contributed by atoms with Crippen molar-refractivity contribution >= 4 is 5.91 Å². The van der Waals surface area contributed by atoms with Crippen LogP contribution in [-0.2, 0) is 0 Å². The third kappa shape index (κ3) is 2.55. The van der Waals surface area contributed by atoms with Gasteiger partial charge in [-0.05, 0) is 37.5 Å². The van der Waals surface area contributed by atoms with Crippen LogP contribution >= 0.6 is 0 Å². The maximum atomic E-state index is 13.8. The highest BCUT2D eigenvalue weighted by molar-refractivity contribution is 5.95. The molecule has 2 atom stereocenters. The van der Waals surface area contributed by atoms with Crippen molar-refractivity contribution in [1.29, 1.82) is 0 Å². The Morgan fingerprint density at radius 1 is 1.29 bits per heavy atom. The number of furan rings is 1. The van der Waals surface area contributed by atoms with Crippen LogP contribution in [0, 0.1) is 18.6 Å². The van der Waals surface area contributed by atoms with Crippen LogP contribution in [0.2, 0.25) is 0 Å². The van der Waals surface area contributed by atoms with Gasteiger partial charge in [-0.15, -0.1) is 0 Å². The second-order valence-electron chi connectivity index (χ2n) is 5.32. The highest BCUT2D eigenvalue weighted by atomic mass is 19.1. The maximum Gasteiger partial charge on any atom is 0.255 e. The fourth-order valence-corrected chi connectivity index (χ4v) is 2.71. The van der Waals surface area contributed by atoms with E-state index in [4.69, 9.17) is 4.42 Å². The van der Waals surface area contributed by atoms with Gasteiger partial charge >= 0.3 is 0 Å². The fourth-order valence-electron chi connectivity index (χ4n) is 2.71. The molecule has 0 bridgehead atoms. The summed E-state index contributed by atoms with van der Waals surface area (Å²) in [7, 11) is 0. The van der Waals surface area contributed by atoms with Gasteiger partial charge in [-0.3, -0.25) is 4.79 Å². The second kappa shape index (κ2) is 5.31. The summed E-state index contributed by atoms with van der Waals surface area (Å²) in [4.78, 5) is 12.1. The molecule has 21 heavy (non-hydrogen) atoms. The monoisotopic (exact) mass is 291 g/mol. The van der Waals surface area contributed by atoms with E-state index in [1.54, 1.807) is 13.0 Å². The second-order valence-corrected chi connectivity index (χ2v) is 5.32. The minimum absolute atomic E-state index is 0.109. The Hall–Kier alpha value is -2.17. The summed E-state index contributed by atoms with van der Waals surface area (Å²) >= 11 is 0. The molecule has 5 heteroatoms. The average Bonchev–Trinajstić information content (AvgIpc) is 2.84. The van der Waals surface area contributed by atoms with Gasteiger partial charge in [0.15, 0.2) is 0 Å². The zero-order valence-electron chi connectivity index (χ0n) is 11.5. The Morgan fingerprint density at radius 2 is 2.10 bits per heavy atom. The first-order chi connectivity index (χ1) is 10.1. The molecule has 3 nitrogen and oxygen atoms in total. The van der Waals surface area contributed by atoms with Gasteiger partial charge in [0.05, 0.1) is 11.8 Å². The Bertz CT molecular complexity index is 681. The van der Waals surface area contributed by atoms with Crippen molar-refractivity contribution in [3.8, 4) is 0 Å². The number of carbonyl (C=O) groups is 1. The number of carbonyl (C=O) groups excluding carboxylic acids is 1. The zero-order chi connectivity index (χ0) is 15.0. The molecule has 1 saturated carbocycles. The van der Waals surface area contributed by atoms with E-state index in [-0.39, 0.29) is 17.9 Å². The number of hydrogen-bond acceptors (Lipinski definition) is 2. The third-order valence-electron chi connectivity index (χ3n) is 4.06. The van der Waals surface area contributed by atoms with Crippen molar-refractivity contribution in [3.63, 3.8) is 0 Å². The lowest BCUT2D eigenvalue weighted by molar-refractivity contribution is 0.0902. The molecule has 1 aliphatic rings. The predicted molar refractivity (Wildman–Crippen MR) is 73.0 cm³/mol. The summed E-state index contributed by atoms with van der Waals surface area (Å²) in [5.74, 6) is -0.930. The molecule has 1 fully saturated rings. The van der Waals surface area contributed by atoms with Gasteiger partial charge in [0.25, 0.3) is 5.91 Å². The highest BCUT2D eigenvalue weighted by Gasteiger charge is 2.35. The fraction of sp³-hybridized carbons (Fsp3) is 0.312. The van der Waals surface area contributed by atoms with Crippen molar-refractivity contribution in [2.45, 2.75) is 31.7 Å². The van der Waals surface area contributed by atoms with Gasteiger partial charge in [-0.25, -0.2) is 8.78 Å². The summed E-state index contributed by atoms with van der Waals surface area (Å²) in [6.07, 6.45) is 3.02. The third-order valence-corrected chi connectivity index (χ3v) is 4.06. The van der Waals surface area contributed by atoms with Crippen LogP contribution in [-0.4, -0.2) is 11.9 Å². The molecule has 1 heterocycles. The molecule has 3 rings (SSSR count). The molecule has 1 aromatic heterocycles. The number of nitrogens with one attached hydrogen (secondary N) is 1. The number of halogens is 2. The first kappa shape index (κ1) is 13.8. The summed E-state index contributed by atoms with van der Waals surface area (Å²) < 4.78 is 31.9.